The molecule has 26 heavy (non-hydrogen) atoms. The van der Waals surface area contributed by atoms with Crippen LogP contribution in [0.5, 0.6) is 0 Å². The average Bonchev–Trinajstić information content (AvgIpc) is 2.66. The van der Waals surface area contributed by atoms with Crippen LogP contribution in [-0.4, -0.2) is 52.1 Å². The third-order valence-corrected chi connectivity index (χ3v) is 3.89. The summed E-state index contributed by atoms with van der Waals surface area (Å²) >= 11 is 0. The molecule has 1 aromatic carbocycles. The largest absolute Gasteiger partial charge is 0.477 e. The summed E-state index contributed by atoms with van der Waals surface area (Å²) in [6, 6.07) is 8.97. The molecule has 2 rings (SSSR count). The molecule has 0 bridgehead atoms. The average molecular weight is 356 g/mol. The molecule has 0 aliphatic rings. The van der Waals surface area contributed by atoms with Crippen molar-refractivity contribution in [2.75, 3.05) is 25.0 Å². The van der Waals surface area contributed by atoms with Crippen LogP contribution in [-0.2, 0) is 0 Å². The van der Waals surface area contributed by atoms with Gasteiger partial charge in [-0.1, -0.05) is 44.2 Å². The normalized spacial score (nSPS) is 10.4. The highest BCUT2D eigenvalue weighted by Crippen LogP contribution is 2.22. The van der Waals surface area contributed by atoms with Gasteiger partial charge in [0.2, 0.25) is 0 Å². The Balaban J connectivity index is 2.44. The summed E-state index contributed by atoms with van der Waals surface area (Å²) in [4.78, 5) is 36.0. The predicted octanol–water partition coefficient (Wildman–Crippen LogP) is 3.52. The van der Waals surface area contributed by atoms with Crippen molar-refractivity contribution >= 4 is 17.8 Å². The summed E-state index contributed by atoms with van der Waals surface area (Å²) < 4.78 is 0. The zero-order chi connectivity index (χ0) is 19.1. The van der Waals surface area contributed by atoms with Gasteiger partial charge in [-0.2, -0.15) is 0 Å². The Labute approximate surface area is 153 Å². The number of hydrogen-bond donors (Lipinski definition) is 1. The van der Waals surface area contributed by atoms with Crippen LogP contribution >= 0.6 is 0 Å². The van der Waals surface area contributed by atoms with E-state index in [1.54, 1.807) is 11.9 Å². The number of carbonyl (C=O) groups excluding carboxylic acids is 1. The molecule has 138 valence electrons. The van der Waals surface area contributed by atoms with Crippen molar-refractivity contribution in [3.63, 3.8) is 0 Å². The van der Waals surface area contributed by atoms with E-state index in [4.69, 9.17) is 0 Å². The molecular formula is C19H24N4O3. The van der Waals surface area contributed by atoms with Crippen molar-refractivity contribution in [3.8, 4) is 11.4 Å². The molecule has 2 amide bonds. The van der Waals surface area contributed by atoms with E-state index in [0.29, 0.717) is 18.9 Å². The first-order valence-corrected chi connectivity index (χ1v) is 8.67. The Morgan fingerprint density at radius 3 is 2.23 bits per heavy atom. The number of amides is 2. The fourth-order valence-corrected chi connectivity index (χ4v) is 2.65. The highest BCUT2D eigenvalue weighted by molar-refractivity contribution is 5.99. The van der Waals surface area contributed by atoms with Crippen molar-refractivity contribution in [2.24, 2.45) is 0 Å². The van der Waals surface area contributed by atoms with Gasteiger partial charge >= 0.3 is 12.0 Å². The second-order valence-electron chi connectivity index (χ2n) is 5.93. The number of rotatable bonds is 7. The van der Waals surface area contributed by atoms with Crippen LogP contribution in [0.4, 0.5) is 10.6 Å². The number of carbonyl (C=O) groups is 2. The number of nitrogens with zero attached hydrogens (tertiary/aromatic N) is 4. The number of carboxylic acids is 1. The monoisotopic (exact) mass is 356 g/mol. The Hall–Kier alpha value is -2.96. The SMILES string of the molecule is CCCN(CCC)C(=O)N(C)c1nc(-c2ccccc2)ncc1C(=O)O. The van der Waals surface area contributed by atoms with Crippen LogP contribution in [0, 0.1) is 0 Å². The summed E-state index contributed by atoms with van der Waals surface area (Å²) in [6.07, 6.45) is 2.90. The smallest absolute Gasteiger partial charge is 0.341 e. The zero-order valence-electron chi connectivity index (χ0n) is 15.3. The van der Waals surface area contributed by atoms with Crippen LogP contribution in [0.2, 0.25) is 0 Å². The van der Waals surface area contributed by atoms with Gasteiger partial charge in [0.05, 0.1) is 0 Å². The van der Waals surface area contributed by atoms with Gasteiger partial charge in [0, 0.05) is 31.9 Å². The molecule has 2 aromatic rings. The summed E-state index contributed by atoms with van der Waals surface area (Å²) in [5.74, 6) is -0.701. The summed E-state index contributed by atoms with van der Waals surface area (Å²) in [5.41, 5.74) is 0.652. The van der Waals surface area contributed by atoms with Crippen LogP contribution < -0.4 is 4.90 Å². The van der Waals surface area contributed by atoms with Crippen molar-refractivity contribution < 1.29 is 14.7 Å². The quantitative estimate of drug-likeness (QED) is 0.820. The first kappa shape index (κ1) is 19.4. The minimum atomic E-state index is -1.17. The molecule has 0 aliphatic carbocycles. The van der Waals surface area contributed by atoms with Gasteiger partial charge in [-0.3, -0.25) is 4.90 Å². The van der Waals surface area contributed by atoms with Gasteiger partial charge in [-0.05, 0) is 12.8 Å². The fraction of sp³-hybridized carbons (Fsp3) is 0.368. The molecule has 7 heteroatoms. The Bertz CT molecular complexity index is 759. The van der Waals surface area contributed by atoms with E-state index in [1.807, 2.05) is 44.2 Å². The van der Waals surface area contributed by atoms with Crippen LogP contribution in [0.25, 0.3) is 11.4 Å². The van der Waals surface area contributed by atoms with E-state index in [0.717, 1.165) is 18.4 Å². The lowest BCUT2D eigenvalue weighted by molar-refractivity contribution is 0.0697. The topological polar surface area (TPSA) is 86.6 Å². The Morgan fingerprint density at radius 2 is 1.69 bits per heavy atom. The number of aromatic carboxylic acids is 1. The van der Waals surface area contributed by atoms with Gasteiger partial charge in [-0.25, -0.2) is 19.6 Å². The van der Waals surface area contributed by atoms with E-state index in [-0.39, 0.29) is 17.4 Å². The number of aromatic nitrogens is 2. The molecule has 7 nitrogen and oxygen atoms in total. The summed E-state index contributed by atoms with van der Waals surface area (Å²) in [7, 11) is 1.55. The molecule has 1 heterocycles. The van der Waals surface area contributed by atoms with Crippen LogP contribution in [0.1, 0.15) is 37.0 Å². The van der Waals surface area contributed by atoms with Gasteiger partial charge in [0.25, 0.3) is 0 Å². The Kier molecular flexibility index (Phi) is 6.66. The van der Waals surface area contributed by atoms with Gasteiger partial charge in [-0.15, -0.1) is 0 Å². The summed E-state index contributed by atoms with van der Waals surface area (Å²) in [6.45, 7) is 5.21. The third kappa shape index (κ3) is 4.36. The predicted molar refractivity (Wildman–Crippen MR) is 100 cm³/mol. The van der Waals surface area contributed by atoms with Crippen molar-refractivity contribution in [1.82, 2.24) is 14.9 Å². The molecule has 0 radical (unpaired) electrons. The number of anilines is 1. The maximum Gasteiger partial charge on any atom is 0.341 e. The van der Waals surface area contributed by atoms with Crippen molar-refractivity contribution in [3.05, 3.63) is 42.1 Å². The molecule has 0 unspecified atom stereocenters. The van der Waals surface area contributed by atoms with E-state index in [9.17, 15) is 14.7 Å². The standard InChI is InChI=1S/C19H24N4O3/c1-4-11-23(12-5-2)19(26)22(3)17-15(18(24)25)13-20-16(21-17)14-9-7-6-8-10-14/h6-10,13H,4-5,11-12H2,1-3H3,(H,24,25). The highest BCUT2D eigenvalue weighted by Gasteiger charge is 2.25. The zero-order valence-corrected chi connectivity index (χ0v) is 15.3. The van der Waals surface area contributed by atoms with E-state index in [2.05, 4.69) is 9.97 Å². The van der Waals surface area contributed by atoms with Gasteiger partial charge < -0.3 is 10.0 Å². The molecule has 0 saturated heterocycles. The molecule has 0 fully saturated rings. The first-order valence-electron chi connectivity index (χ1n) is 8.67. The number of benzene rings is 1. The minimum absolute atomic E-state index is 0.0913. The van der Waals surface area contributed by atoms with Crippen LogP contribution in [0.3, 0.4) is 0 Å². The van der Waals surface area contributed by atoms with E-state index < -0.39 is 5.97 Å². The van der Waals surface area contributed by atoms with E-state index >= 15 is 0 Å². The Morgan fingerprint density at radius 1 is 1.08 bits per heavy atom. The molecule has 0 atom stereocenters. The number of urea groups is 1. The molecule has 0 saturated carbocycles. The van der Waals surface area contributed by atoms with Crippen LogP contribution in [0.15, 0.2) is 36.5 Å². The molecule has 1 aromatic heterocycles. The molecule has 0 aliphatic heterocycles. The maximum atomic E-state index is 12.8. The highest BCUT2D eigenvalue weighted by atomic mass is 16.4. The summed E-state index contributed by atoms with van der Waals surface area (Å²) in [5, 5.41) is 9.47. The minimum Gasteiger partial charge on any atom is -0.477 e. The first-order chi connectivity index (χ1) is 12.5. The second-order valence-corrected chi connectivity index (χ2v) is 5.93. The lowest BCUT2D eigenvalue weighted by Crippen LogP contribution is -2.43. The van der Waals surface area contributed by atoms with Crippen molar-refractivity contribution in [1.29, 1.82) is 0 Å². The molecular weight excluding hydrogens is 332 g/mol. The lowest BCUT2D eigenvalue weighted by atomic mass is 10.2. The lowest BCUT2D eigenvalue weighted by Gasteiger charge is -2.28. The van der Waals surface area contributed by atoms with Gasteiger partial charge in [0.1, 0.15) is 5.56 Å². The molecule has 0 spiro atoms. The fourth-order valence-electron chi connectivity index (χ4n) is 2.65. The third-order valence-electron chi connectivity index (χ3n) is 3.89. The maximum absolute atomic E-state index is 12.8. The number of carboxylic acid groups (broad SMARTS) is 1. The number of hydrogen-bond acceptors (Lipinski definition) is 4. The second kappa shape index (κ2) is 8.94. The van der Waals surface area contributed by atoms with E-state index in [1.165, 1.54) is 11.1 Å². The molecule has 1 N–H and O–H groups in total. The van der Waals surface area contributed by atoms with Gasteiger partial charge in [0.15, 0.2) is 11.6 Å². The van der Waals surface area contributed by atoms with Crippen molar-refractivity contribution in [2.45, 2.75) is 26.7 Å².